The highest BCUT2D eigenvalue weighted by Crippen LogP contribution is 2.30. The van der Waals surface area contributed by atoms with Crippen molar-refractivity contribution in [3.8, 4) is 5.75 Å². The van der Waals surface area contributed by atoms with Gasteiger partial charge in [0, 0.05) is 20.3 Å². The Kier molecular flexibility index (Phi) is 4.41. The van der Waals surface area contributed by atoms with E-state index in [2.05, 4.69) is 0 Å². The summed E-state index contributed by atoms with van der Waals surface area (Å²) in [5, 5.41) is 0. The van der Waals surface area contributed by atoms with Gasteiger partial charge in [-0.3, -0.25) is 4.79 Å². The van der Waals surface area contributed by atoms with E-state index in [9.17, 15) is 4.79 Å². The lowest BCUT2D eigenvalue weighted by atomic mass is 10.0. The van der Waals surface area contributed by atoms with Crippen molar-refractivity contribution in [2.24, 2.45) is 0 Å². The van der Waals surface area contributed by atoms with Crippen molar-refractivity contribution in [1.29, 1.82) is 0 Å². The molecule has 2 aliphatic heterocycles. The Morgan fingerprint density at radius 3 is 2.95 bits per heavy atom. The van der Waals surface area contributed by atoms with Gasteiger partial charge in [0.05, 0.1) is 6.04 Å². The highest BCUT2D eigenvalue weighted by molar-refractivity contribution is 5.78. The van der Waals surface area contributed by atoms with Crippen LogP contribution in [0.1, 0.15) is 12.8 Å². The minimum Gasteiger partial charge on any atom is -0.484 e. The van der Waals surface area contributed by atoms with Gasteiger partial charge < -0.3 is 19.1 Å². The number of para-hydroxylation sites is 1. The fraction of sp³-hybridized carbons (Fsp3) is 0.562. The fourth-order valence-electron chi connectivity index (χ4n) is 3.15. The van der Waals surface area contributed by atoms with Crippen molar-refractivity contribution < 1.29 is 19.0 Å². The molecule has 5 heteroatoms. The van der Waals surface area contributed by atoms with Gasteiger partial charge in [0.2, 0.25) is 0 Å². The summed E-state index contributed by atoms with van der Waals surface area (Å²) in [6, 6.07) is 9.52. The van der Waals surface area contributed by atoms with E-state index in [1.165, 1.54) is 0 Å². The van der Waals surface area contributed by atoms with Crippen molar-refractivity contribution in [1.82, 2.24) is 4.90 Å². The number of rotatable bonds is 4. The zero-order valence-electron chi connectivity index (χ0n) is 12.2. The molecule has 0 spiro atoms. The molecule has 3 rings (SSSR count). The van der Waals surface area contributed by atoms with Gasteiger partial charge in [-0.25, -0.2) is 0 Å². The molecule has 5 nitrogen and oxygen atoms in total. The van der Waals surface area contributed by atoms with Crippen molar-refractivity contribution in [2.45, 2.75) is 31.1 Å². The van der Waals surface area contributed by atoms with Gasteiger partial charge in [0.1, 0.15) is 18.0 Å². The number of benzene rings is 1. The van der Waals surface area contributed by atoms with E-state index in [0.29, 0.717) is 12.3 Å². The Morgan fingerprint density at radius 1 is 1.38 bits per heavy atom. The number of methoxy groups -OCH3 is 1. The first-order chi connectivity index (χ1) is 10.3. The molecule has 2 heterocycles. The monoisotopic (exact) mass is 291 g/mol. The molecule has 1 aromatic carbocycles. The smallest absolute Gasteiger partial charge is 0.260 e. The van der Waals surface area contributed by atoms with Crippen molar-refractivity contribution in [2.75, 3.05) is 26.9 Å². The van der Waals surface area contributed by atoms with Gasteiger partial charge in [-0.1, -0.05) is 18.2 Å². The summed E-state index contributed by atoms with van der Waals surface area (Å²) in [6.07, 6.45) is 1.93. The highest BCUT2D eigenvalue weighted by atomic mass is 16.5. The first-order valence-electron chi connectivity index (χ1n) is 7.41. The molecule has 1 aromatic rings. The van der Waals surface area contributed by atoms with Gasteiger partial charge in [-0.2, -0.15) is 0 Å². The molecule has 1 amide bonds. The third-order valence-electron chi connectivity index (χ3n) is 4.21. The normalized spacial score (nSPS) is 28.2. The maximum absolute atomic E-state index is 12.4. The molecule has 0 N–H and O–H groups in total. The molecule has 114 valence electrons. The molecule has 0 bridgehead atoms. The summed E-state index contributed by atoms with van der Waals surface area (Å²) in [5.74, 6) is 0.712. The predicted octanol–water partition coefficient (Wildman–Crippen LogP) is 1.47. The maximum Gasteiger partial charge on any atom is 0.260 e. The lowest BCUT2D eigenvalue weighted by Crippen LogP contribution is -2.45. The number of carbonyl (C=O) groups excluding carboxylic acids is 1. The van der Waals surface area contributed by atoms with Crippen LogP contribution in [-0.4, -0.2) is 55.9 Å². The Labute approximate surface area is 124 Å². The van der Waals surface area contributed by atoms with Crippen LogP contribution in [0.5, 0.6) is 5.75 Å². The van der Waals surface area contributed by atoms with Crippen LogP contribution < -0.4 is 4.74 Å². The summed E-state index contributed by atoms with van der Waals surface area (Å²) in [5.41, 5.74) is 0. The first-order valence-corrected chi connectivity index (χ1v) is 7.41. The van der Waals surface area contributed by atoms with E-state index in [1.54, 1.807) is 7.11 Å². The fourth-order valence-corrected chi connectivity index (χ4v) is 3.15. The number of hydrogen-bond acceptors (Lipinski definition) is 4. The molecule has 0 aromatic heterocycles. The van der Waals surface area contributed by atoms with E-state index in [4.69, 9.17) is 14.2 Å². The molecule has 21 heavy (non-hydrogen) atoms. The average Bonchev–Trinajstić information content (AvgIpc) is 2.92. The van der Waals surface area contributed by atoms with Crippen LogP contribution in [0, 0.1) is 0 Å². The van der Waals surface area contributed by atoms with Crippen LogP contribution in [-0.2, 0) is 14.3 Å². The van der Waals surface area contributed by atoms with Gasteiger partial charge in [-0.05, 0) is 25.0 Å². The molecule has 2 saturated heterocycles. The third-order valence-corrected chi connectivity index (χ3v) is 4.21. The molecule has 2 fully saturated rings. The second-order valence-electron chi connectivity index (χ2n) is 5.47. The topological polar surface area (TPSA) is 48.0 Å². The number of ether oxygens (including phenoxy) is 3. The second-order valence-corrected chi connectivity index (χ2v) is 5.47. The number of fused-ring (bicyclic) bond motifs is 1. The van der Waals surface area contributed by atoms with Crippen LogP contribution >= 0.6 is 0 Å². The van der Waals surface area contributed by atoms with E-state index in [-0.39, 0.29) is 30.8 Å². The van der Waals surface area contributed by atoms with Gasteiger partial charge in [0.25, 0.3) is 5.91 Å². The Morgan fingerprint density at radius 2 is 2.19 bits per heavy atom. The number of hydrogen-bond donors (Lipinski definition) is 0. The van der Waals surface area contributed by atoms with Gasteiger partial charge >= 0.3 is 0 Å². The molecule has 2 aliphatic rings. The zero-order valence-corrected chi connectivity index (χ0v) is 12.2. The van der Waals surface area contributed by atoms with Crippen LogP contribution in [0.15, 0.2) is 30.3 Å². The summed E-state index contributed by atoms with van der Waals surface area (Å²) < 4.78 is 16.8. The van der Waals surface area contributed by atoms with E-state index in [0.717, 1.165) is 19.4 Å². The standard InChI is InChI=1S/C16H21NO4/c1-19-14-10-17(13-8-5-9-20-16(13)14)15(18)11-21-12-6-3-2-4-7-12/h2-4,6-7,13-14,16H,5,8-11H2,1H3/t13-,14+,16+/m1/s1. The van der Waals surface area contributed by atoms with Crippen LogP contribution in [0.2, 0.25) is 0 Å². The van der Waals surface area contributed by atoms with E-state index in [1.807, 2.05) is 35.2 Å². The summed E-state index contributed by atoms with van der Waals surface area (Å²) >= 11 is 0. The SMILES string of the molecule is CO[C@H]1CN(C(=O)COc2ccccc2)[C@@H]2CCCO[C@H]12. The largest absolute Gasteiger partial charge is 0.484 e. The lowest BCUT2D eigenvalue weighted by Gasteiger charge is -2.31. The molecular formula is C16H21NO4. The Balaban J connectivity index is 1.61. The molecule has 0 saturated carbocycles. The van der Waals surface area contributed by atoms with Crippen LogP contribution in [0.3, 0.4) is 0 Å². The second kappa shape index (κ2) is 6.45. The Hall–Kier alpha value is -1.59. The quantitative estimate of drug-likeness (QED) is 0.843. The number of nitrogens with zero attached hydrogens (tertiary/aromatic N) is 1. The minimum absolute atomic E-state index is 0.00102. The van der Waals surface area contributed by atoms with Crippen LogP contribution in [0.4, 0.5) is 0 Å². The summed E-state index contributed by atoms with van der Waals surface area (Å²) in [6.45, 7) is 1.40. The summed E-state index contributed by atoms with van der Waals surface area (Å²) in [7, 11) is 1.67. The highest BCUT2D eigenvalue weighted by Gasteiger charge is 2.46. The lowest BCUT2D eigenvalue weighted by molar-refractivity contribution is -0.136. The summed E-state index contributed by atoms with van der Waals surface area (Å²) in [4.78, 5) is 14.3. The predicted molar refractivity (Wildman–Crippen MR) is 77.2 cm³/mol. The minimum atomic E-state index is -0.0315. The van der Waals surface area contributed by atoms with E-state index < -0.39 is 0 Å². The van der Waals surface area contributed by atoms with Crippen molar-refractivity contribution in [3.05, 3.63) is 30.3 Å². The Bertz CT molecular complexity index is 478. The van der Waals surface area contributed by atoms with Gasteiger partial charge in [-0.15, -0.1) is 0 Å². The molecular weight excluding hydrogens is 270 g/mol. The molecule has 0 radical (unpaired) electrons. The van der Waals surface area contributed by atoms with E-state index >= 15 is 0 Å². The molecule has 3 atom stereocenters. The first kappa shape index (κ1) is 14.4. The van der Waals surface area contributed by atoms with Crippen molar-refractivity contribution >= 4 is 5.91 Å². The molecule has 0 aliphatic carbocycles. The molecule has 0 unspecified atom stereocenters. The third kappa shape index (κ3) is 3.04. The average molecular weight is 291 g/mol. The maximum atomic E-state index is 12.4. The van der Waals surface area contributed by atoms with Gasteiger partial charge in [0.15, 0.2) is 6.61 Å². The zero-order chi connectivity index (χ0) is 14.7. The number of carbonyl (C=O) groups is 1. The van der Waals surface area contributed by atoms with Crippen LogP contribution in [0.25, 0.3) is 0 Å². The number of amides is 1. The number of likely N-dealkylation sites (tertiary alicyclic amines) is 1. The van der Waals surface area contributed by atoms with Crippen molar-refractivity contribution in [3.63, 3.8) is 0 Å².